The van der Waals surface area contributed by atoms with Gasteiger partial charge in [-0.1, -0.05) is 12.5 Å². The maximum atomic E-state index is 13.6. The van der Waals surface area contributed by atoms with Gasteiger partial charge in [0.15, 0.2) is 11.6 Å². The van der Waals surface area contributed by atoms with Crippen LogP contribution in [-0.4, -0.2) is 32.8 Å². The van der Waals surface area contributed by atoms with E-state index in [-0.39, 0.29) is 22.6 Å². The number of hydrogen-bond donors (Lipinski definition) is 1. The second-order valence-corrected chi connectivity index (χ2v) is 5.49. The van der Waals surface area contributed by atoms with Gasteiger partial charge in [-0.2, -0.15) is 0 Å². The van der Waals surface area contributed by atoms with E-state index in [1.54, 1.807) is 6.07 Å². The van der Waals surface area contributed by atoms with E-state index in [2.05, 4.69) is 5.32 Å². The van der Waals surface area contributed by atoms with Crippen LogP contribution >= 0.6 is 0 Å². The Kier molecular flexibility index (Phi) is 5.17. The number of benzene rings is 1. The summed E-state index contributed by atoms with van der Waals surface area (Å²) < 4.78 is 24.1. The van der Waals surface area contributed by atoms with Gasteiger partial charge in [-0.3, -0.25) is 4.79 Å². The summed E-state index contributed by atoms with van der Waals surface area (Å²) in [5.74, 6) is -0.852. The molecule has 1 aliphatic rings. The molecule has 0 saturated heterocycles. The molecule has 1 aromatic carbocycles. The predicted octanol–water partition coefficient (Wildman–Crippen LogP) is 2.77. The Morgan fingerprint density at radius 2 is 2.19 bits per heavy atom. The van der Waals surface area contributed by atoms with Crippen LogP contribution in [0, 0.1) is 11.2 Å². The number of methoxy groups -OCH3 is 1. The Morgan fingerprint density at radius 1 is 1.43 bits per heavy atom. The largest absolute Gasteiger partial charge is 0.493 e. The Morgan fingerprint density at radius 3 is 2.76 bits per heavy atom. The van der Waals surface area contributed by atoms with E-state index in [4.69, 9.17) is 9.47 Å². The second-order valence-electron chi connectivity index (χ2n) is 5.49. The maximum Gasteiger partial charge on any atom is 0.255 e. The molecule has 1 aromatic rings. The molecule has 116 valence electrons. The lowest BCUT2D eigenvalue weighted by Gasteiger charge is -2.41. The van der Waals surface area contributed by atoms with Crippen molar-refractivity contribution in [3.63, 3.8) is 0 Å². The highest BCUT2D eigenvalue weighted by molar-refractivity contribution is 5.97. The van der Waals surface area contributed by atoms with Crippen LogP contribution in [0.1, 0.15) is 36.5 Å². The minimum Gasteiger partial charge on any atom is -0.493 e. The molecule has 2 rings (SSSR count). The lowest BCUT2D eigenvalue weighted by atomic mass is 9.69. The molecule has 5 heteroatoms. The van der Waals surface area contributed by atoms with E-state index in [0.29, 0.717) is 19.8 Å². The molecule has 0 atom stereocenters. The molecule has 1 amide bonds. The number of carbonyl (C=O) groups excluding carboxylic acids is 1. The molecular weight excluding hydrogens is 273 g/mol. The first-order valence-electron chi connectivity index (χ1n) is 7.30. The van der Waals surface area contributed by atoms with Crippen LogP contribution in [0.15, 0.2) is 18.2 Å². The van der Waals surface area contributed by atoms with Gasteiger partial charge in [0.05, 0.1) is 19.3 Å². The fourth-order valence-corrected chi connectivity index (χ4v) is 2.63. The SMILES string of the molecule is CCOCC1(CNC(=O)c2cccc(F)c2OC)CCC1. The number of ether oxygens (including phenoxy) is 2. The lowest BCUT2D eigenvalue weighted by Crippen LogP contribution is -2.45. The molecule has 0 radical (unpaired) electrons. The van der Waals surface area contributed by atoms with Gasteiger partial charge in [-0.25, -0.2) is 4.39 Å². The molecule has 1 saturated carbocycles. The smallest absolute Gasteiger partial charge is 0.255 e. The van der Waals surface area contributed by atoms with Gasteiger partial charge in [0, 0.05) is 18.6 Å². The summed E-state index contributed by atoms with van der Waals surface area (Å²) in [6.07, 6.45) is 3.26. The highest BCUT2D eigenvalue weighted by atomic mass is 19.1. The van der Waals surface area contributed by atoms with Crippen LogP contribution in [0.2, 0.25) is 0 Å². The number of para-hydroxylation sites is 1. The zero-order valence-electron chi connectivity index (χ0n) is 12.6. The average Bonchev–Trinajstić information content (AvgIpc) is 2.45. The number of nitrogens with one attached hydrogen (secondary N) is 1. The fraction of sp³-hybridized carbons (Fsp3) is 0.562. The number of carbonyl (C=O) groups is 1. The molecule has 0 spiro atoms. The summed E-state index contributed by atoms with van der Waals surface area (Å²) in [7, 11) is 1.36. The van der Waals surface area contributed by atoms with Crippen molar-refractivity contribution in [1.82, 2.24) is 5.32 Å². The van der Waals surface area contributed by atoms with Gasteiger partial charge in [-0.05, 0) is 31.9 Å². The van der Waals surface area contributed by atoms with Gasteiger partial charge in [-0.15, -0.1) is 0 Å². The third kappa shape index (κ3) is 3.53. The van der Waals surface area contributed by atoms with Crippen LogP contribution < -0.4 is 10.1 Å². The Bertz CT molecular complexity index is 500. The van der Waals surface area contributed by atoms with Crippen molar-refractivity contribution < 1.29 is 18.7 Å². The van der Waals surface area contributed by atoms with Gasteiger partial charge >= 0.3 is 0 Å². The third-order valence-corrected chi connectivity index (χ3v) is 4.07. The molecule has 0 bridgehead atoms. The highest BCUT2D eigenvalue weighted by Gasteiger charge is 2.37. The first-order chi connectivity index (χ1) is 10.1. The van der Waals surface area contributed by atoms with Crippen molar-refractivity contribution >= 4 is 5.91 Å². The van der Waals surface area contributed by atoms with Crippen molar-refractivity contribution in [2.24, 2.45) is 5.41 Å². The predicted molar refractivity (Wildman–Crippen MR) is 78.1 cm³/mol. The van der Waals surface area contributed by atoms with Crippen LogP contribution in [0.5, 0.6) is 5.75 Å². The van der Waals surface area contributed by atoms with Crippen molar-refractivity contribution in [3.8, 4) is 5.75 Å². The molecule has 4 nitrogen and oxygen atoms in total. The zero-order valence-corrected chi connectivity index (χ0v) is 12.6. The Balaban J connectivity index is 2.00. The summed E-state index contributed by atoms with van der Waals surface area (Å²) in [6, 6.07) is 4.34. The lowest BCUT2D eigenvalue weighted by molar-refractivity contribution is -0.000200. The first-order valence-corrected chi connectivity index (χ1v) is 7.30. The second kappa shape index (κ2) is 6.89. The van der Waals surface area contributed by atoms with Gasteiger partial charge in [0.1, 0.15) is 0 Å². The third-order valence-electron chi connectivity index (χ3n) is 4.07. The van der Waals surface area contributed by atoms with E-state index in [1.165, 1.54) is 19.2 Å². The average molecular weight is 295 g/mol. The summed E-state index contributed by atoms with van der Waals surface area (Å²) in [5.41, 5.74) is 0.259. The van der Waals surface area contributed by atoms with E-state index >= 15 is 0 Å². The van der Waals surface area contributed by atoms with Crippen molar-refractivity contribution in [3.05, 3.63) is 29.6 Å². The first kappa shape index (κ1) is 15.8. The topological polar surface area (TPSA) is 47.6 Å². The van der Waals surface area contributed by atoms with Gasteiger partial charge < -0.3 is 14.8 Å². The fourth-order valence-electron chi connectivity index (χ4n) is 2.63. The maximum absolute atomic E-state index is 13.6. The van der Waals surface area contributed by atoms with Crippen molar-refractivity contribution in [2.75, 3.05) is 26.9 Å². The highest BCUT2D eigenvalue weighted by Crippen LogP contribution is 2.40. The zero-order chi connectivity index (χ0) is 15.3. The van der Waals surface area contributed by atoms with Crippen LogP contribution in [0.4, 0.5) is 4.39 Å². The molecular formula is C16H22FNO3. The molecule has 0 aliphatic heterocycles. The Hall–Kier alpha value is -1.62. The molecule has 0 unspecified atom stereocenters. The molecule has 1 fully saturated rings. The number of halogens is 1. The summed E-state index contributed by atoms with van der Waals surface area (Å²) in [4.78, 5) is 12.2. The molecule has 0 aromatic heterocycles. The van der Waals surface area contributed by atoms with Crippen LogP contribution in [0.3, 0.4) is 0 Å². The van der Waals surface area contributed by atoms with Gasteiger partial charge in [0.2, 0.25) is 0 Å². The van der Waals surface area contributed by atoms with Crippen LogP contribution in [0.25, 0.3) is 0 Å². The number of amides is 1. The standard InChI is InChI=1S/C16H22FNO3/c1-3-21-11-16(8-5-9-16)10-18-15(19)12-6-4-7-13(17)14(12)20-2/h4,6-7H,3,5,8-11H2,1-2H3,(H,18,19). The molecule has 1 N–H and O–H groups in total. The van der Waals surface area contributed by atoms with Gasteiger partial charge in [0.25, 0.3) is 5.91 Å². The minimum atomic E-state index is -0.530. The number of hydrogen-bond acceptors (Lipinski definition) is 3. The summed E-state index contributed by atoms with van der Waals surface area (Å²) >= 11 is 0. The molecule has 21 heavy (non-hydrogen) atoms. The minimum absolute atomic E-state index is 0.0116. The molecule has 1 aliphatic carbocycles. The normalized spacial score (nSPS) is 16.1. The van der Waals surface area contributed by atoms with E-state index < -0.39 is 5.82 Å². The Labute approximate surface area is 124 Å². The van der Waals surface area contributed by atoms with E-state index in [0.717, 1.165) is 19.3 Å². The van der Waals surface area contributed by atoms with E-state index in [9.17, 15) is 9.18 Å². The van der Waals surface area contributed by atoms with Crippen molar-refractivity contribution in [2.45, 2.75) is 26.2 Å². The summed E-state index contributed by atoms with van der Waals surface area (Å²) in [6.45, 7) is 3.84. The molecule has 0 heterocycles. The monoisotopic (exact) mass is 295 g/mol. The van der Waals surface area contributed by atoms with Crippen LogP contribution in [-0.2, 0) is 4.74 Å². The van der Waals surface area contributed by atoms with Crippen molar-refractivity contribution in [1.29, 1.82) is 0 Å². The number of rotatable bonds is 7. The summed E-state index contributed by atoms with van der Waals surface area (Å²) in [5, 5.41) is 2.89. The van der Waals surface area contributed by atoms with E-state index in [1.807, 2.05) is 6.92 Å². The quantitative estimate of drug-likeness (QED) is 0.841.